The van der Waals surface area contributed by atoms with E-state index in [1.807, 2.05) is 30.3 Å². The molecule has 164 valence electrons. The quantitative estimate of drug-likeness (QED) is 0.494. The molecule has 0 aromatic heterocycles. The number of benzene rings is 3. The smallest absolute Gasteiger partial charge is 0.339 e. The molecule has 3 aromatic carbocycles. The molecule has 7 nitrogen and oxygen atoms in total. The lowest BCUT2D eigenvalue weighted by molar-refractivity contribution is -0.125. The minimum atomic E-state index is -0.582. The summed E-state index contributed by atoms with van der Waals surface area (Å²) < 4.78 is 10.0. The van der Waals surface area contributed by atoms with E-state index in [4.69, 9.17) is 21.1 Å². The molecule has 0 fully saturated rings. The van der Waals surface area contributed by atoms with Crippen LogP contribution in [0.25, 0.3) is 11.1 Å². The molecule has 0 spiro atoms. The number of hydrogen-bond donors (Lipinski definition) is 2. The molecule has 2 N–H and O–H groups in total. The Hall–Kier alpha value is -3.68. The van der Waals surface area contributed by atoms with Crippen LogP contribution in [-0.2, 0) is 19.1 Å². The molecule has 0 bridgehead atoms. The maximum absolute atomic E-state index is 12.3. The van der Waals surface area contributed by atoms with Crippen LogP contribution in [0.1, 0.15) is 10.4 Å². The van der Waals surface area contributed by atoms with Crippen LogP contribution in [0.15, 0.2) is 72.8 Å². The summed E-state index contributed by atoms with van der Waals surface area (Å²) in [5.41, 5.74) is 2.79. The molecule has 0 saturated carbocycles. The molecule has 0 saturated heterocycles. The largest absolute Gasteiger partial charge is 0.465 e. The van der Waals surface area contributed by atoms with Gasteiger partial charge in [-0.3, -0.25) is 9.59 Å². The number of methoxy groups -OCH3 is 1. The predicted octanol–water partition coefficient (Wildman–Crippen LogP) is 4.39. The molecule has 0 aliphatic heterocycles. The number of esters is 1. The number of amides is 2. The summed E-state index contributed by atoms with van der Waals surface area (Å²) in [6.45, 7) is -0.679. The van der Waals surface area contributed by atoms with E-state index in [0.29, 0.717) is 10.7 Å². The van der Waals surface area contributed by atoms with E-state index in [2.05, 4.69) is 10.6 Å². The molecule has 0 unspecified atom stereocenters. The lowest BCUT2D eigenvalue weighted by atomic mass is 10.0. The average Bonchev–Trinajstić information content (AvgIpc) is 2.81. The molecular weight excluding hydrogens is 432 g/mol. The number of halogens is 1. The van der Waals surface area contributed by atoms with E-state index >= 15 is 0 Å². The third-order valence-electron chi connectivity index (χ3n) is 4.40. The minimum Gasteiger partial charge on any atom is -0.465 e. The molecular formula is C24H21ClN2O5. The van der Waals surface area contributed by atoms with Gasteiger partial charge in [0.1, 0.15) is 13.2 Å². The SMILES string of the molecule is COC(=O)c1cc(-c2ccccc2)ccc1NC(=O)COCC(=O)Nc1ccc(Cl)cc1. The summed E-state index contributed by atoms with van der Waals surface area (Å²) >= 11 is 5.80. The van der Waals surface area contributed by atoms with Gasteiger partial charge in [-0.1, -0.05) is 48.0 Å². The highest BCUT2D eigenvalue weighted by Gasteiger charge is 2.16. The fraction of sp³-hybridized carbons (Fsp3) is 0.125. The van der Waals surface area contributed by atoms with Crippen LogP contribution in [0.4, 0.5) is 11.4 Å². The Morgan fingerprint density at radius 2 is 1.47 bits per heavy atom. The van der Waals surface area contributed by atoms with Crippen molar-refractivity contribution in [1.29, 1.82) is 0 Å². The lowest BCUT2D eigenvalue weighted by Crippen LogP contribution is -2.24. The first kappa shape index (κ1) is 23.0. The summed E-state index contributed by atoms with van der Waals surface area (Å²) in [5.74, 6) is -1.51. The van der Waals surface area contributed by atoms with Crippen LogP contribution in [0.5, 0.6) is 0 Å². The van der Waals surface area contributed by atoms with E-state index in [1.165, 1.54) is 7.11 Å². The summed E-state index contributed by atoms with van der Waals surface area (Å²) in [6.07, 6.45) is 0. The van der Waals surface area contributed by atoms with Crippen molar-refractivity contribution in [1.82, 2.24) is 0 Å². The van der Waals surface area contributed by atoms with Crippen LogP contribution in [-0.4, -0.2) is 38.1 Å². The third kappa shape index (κ3) is 6.41. The van der Waals surface area contributed by atoms with Crippen LogP contribution < -0.4 is 10.6 Å². The second kappa shape index (κ2) is 11.1. The van der Waals surface area contributed by atoms with Gasteiger partial charge in [0.25, 0.3) is 0 Å². The van der Waals surface area contributed by atoms with Crippen molar-refractivity contribution >= 4 is 40.8 Å². The molecule has 0 aliphatic carbocycles. The Labute approximate surface area is 190 Å². The number of rotatable bonds is 8. The van der Waals surface area contributed by atoms with E-state index in [0.717, 1.165) is 11.1 Å². The number of anilines is 2. The average molecular weight is 453 g/mol. The lowest BCUT2D eigenvalue weighted by Gasteiger charge is -2.12. The number of nitrogens with one attached hydrogen (secondary N) is 2. The number of hydrogen-bond acceptors (Lipinski definition) is 5. The topological polar surface area (TPSA) is 93.7 Å². The molecule has 0 aliphatic rings. The highest BCUT2D eigenvalue weighted by Crippen LogP contribution is 2.26. The van der Waals surface area contributed by atoms with Gasteiger partial charge in [0.15, 0.2) is 0 Å². The molecule has 0 heterocycles. The van der Waals surface area contributed by atoms with Crippen molar-refractivity contribution < 1.29 is 23.9 Å². The fourth-order valence-corrected chi connectivity index (χ4v) is 3.02. The molecule has 2 amide bonds. The predicted molar refractivity (Wildman–Crippen MR) is 123 cm³/mol. The van der Waals surface area contributed by atoms with Gasteiger partial charge in [0.05, 0.1) is 18.4 Å². The molecule has 0 radical (unpaired) electrons. The first-order valence-electron chi connectivity index (χ1n) is 9.67. The maximum atomic E-state index is 12.3. The van der Waals surface area contributed by atoms with Crippen molar-refractivity contribution in [2.75, 3.05) is 31.0 Å². The van der Waals surface area contributed by atoms with Crippen LogP contribution in [0.2, 0.25) is 5.02 Å². The molecule has 32 heavy (non-hydrogen) atoms. The van der Waals surface area contributed by atoms with E-state index in [1.54, 1.807) is 42.5 Å². The van der Waals surface area contributed by atoms with Crippen LogP contribution in [0, 0.1) is 0 Å². The number of ether oxygens (including phenoxy) is 2. The van der Waals surface area contributed by atoms with Crippen LogP contribution >= 0.6 is 11.6 Å². The van der Waals surface area contributed by atoms with Crippen LogP contribution in [0.3, 0.4) is 0 Å². The van der Waals surface area contributed by atoms with E-state index < -0.39 is 17.8 Å². The van der Waals surface area contributed by atoms with Crippen molar-refractivity contribution in [3.05, 3.63) is 83.4 Å². The third-order valence-corrected chi connectivity index (χ3v) is 4.65. The van der Waals surface area contributed by atoms with Crippen molar-refractivity contribution in [2.24, 2.45) is 0 Å². The van der Waals surface area contributed by atoms with Gasteiger partial charge >= 0.3 is 5.97 Å². The minimum absolute atomic E-state index is 0.211. The highest BCUT2D eigenvalue weighted by atomic mass is 35.5. The zero-order chi connectivity index (χ0) is 22.9. The van der Waals surface area contributed by atoms with Gasteiger partial charge in [0, 0.05) is 10.7 Å². The Morgan fingerprint density at radius 1 is 0.812 bits per heavy atom. The first-order valence-corrected chi connectivity index (χ1v) is 10.0. The highest BCUT2D eigenvalue weighted by molar-refractivity contribution is 6.30. The summed E-state index contributed by atoms with van der Waals surface area (Å²) in [6, 6.07) is 21.2. The Kier molecular flexibility index (Phi) is 7.96. The van der Waals surface area contributed by atoms with Crippen molar-refractivity contribution in [3.8, 4) is 11.1 Å². The molecule has 8 heteroatoms. The second-order valence-electron chi connectivity index (χ2n) is 6.71. The summed E-state index contributed by atoms with van der Waals surface area (Å²) in [5, 5.41) is 5.81. The van der Waals surface area contributed by atoms with Crippen molar-refractivity contribution in [3.63, 3.8) is 0 Å². The Morgan fingerprint density at radius 3 is 2.12 bits per heavy atom. The maximum Gasteiger partial charge on any atom is 0.339 e. The van der Waals surface area contributed by atoms with Gasteiger partial charge < -0.3 is 20.1 Å². The standard InChI is InChI=1S/C24H21ClN2O5/c1-31-24(30)20-13-17(16-5-3-2-4-6-16)7-12-21(20)27-23(29)15-32-14-22(28)26-19-10-8-18(25)9-11-19/h2-13H,14-15H2,1H3,(H,26,28)(H,27,29). The van der Waals surface area contributed by atoms with Gasteiger partial charge in [-0.25, -0.2) is 4.79 Å². The Balaban J connectivity index is 1.58. The molecule has 3 aromatic rings. The van der Waals surface area contributed by atoms with Gasteiger partial charge in [-0.2, -0.15) is 0 Å². The summed E-state index contributed by atoms with van der Waals surface area (Å²) in [7, 11) is 1.27. The number of carbonyl (C=O) groups excluding carboxylic acids is 3. The summed E-state index contributed by atoms with van der Waals surface area (Å²) in [4.78, 5) is 36.4. The van der Waals surface area contributed by atoms with E-state index in [-0.39, 0.29) is 24.5 Å². The molecule has 3 rings (SSSR count). The van der Waals surface area contributed by atoms with Gasteiger partial charge in [-0.05, 0) is 47.5 Å². The first-order chi connectivity index (χ1) is 15.5. The zero-order valence-electron chi connectivity index (χ0n) is 17.3. The zero-order valence-corrected chi connectivity index (χ0v) is 18.0. The van der Waals surface area contributed by atoms with Gasteiger partial charge in [0.2, 0.25) is 11.8 Å². The molecule has 0 atom stereocenters. The van der Waals surface area contributed by atoms with Gasteiger partial charge in [-0.15, -0.1) is 0 Å². The second-order valence-corrected chi connectivity index (χ2v) is 7.15. The Bertz CT molecular complexity index is 1100. The monoisotopic (exact) mass is 452 g/mol. The fourth-order valence-electron chi connectivity index (χ4n) is 2.90. The van der Waals surface area contributed by atoms with Crippen molar-refractivity contribution in [2.45, 2.75) is 0 Å². The van der Waals surface area contributed by atoms with E-state index in [9.17, 15) is 14.4 Å². The normalized spacial score (nSPS) is 10.3. The number of carbonyl (C=O) groups is 3.